The first-order valence-corrected chi connectivity index (χ1v) is 14.1. The van der Waals surface area contributed by atoms with Gasteiger partial charge in [-0.3, -0.25) is 14.2 Å². The number of benzene rings is 2. The molecule has 3 heterocycles. The van der Waals surface area contributed by atoms with Crippen molar-refractivity contribution in [3.8, 4) is 5.69 Å². The third kappa shape index (κ3) is 5.71. The van der Waals surface area contributed by atoms with Crippen LogP contribution in [0.1, 0.15) is 20.3 Å². The molecule has 1 unspecified atom stereocenters. The molecule has 196 valence electrons. The summed E-state index contributed by atoms with van der Waals surface area (Å²) >= 11 is 7.65. The van der Waals surface area contributed by atoms with Gasteiger partial charge < -0.3 is 9.80 Å². The Morgan fingerprint density at radius 1 is 1.00 bits per heavy atom. The monoisotopic (exact) mass is 547 g/mol. The Bertz CT molecular complexity index is 1490. The van der Waals surface area contributed by atoms with Gasteiger partial charge in [0.1, 0.15) is 5.82 Å². The summed E-state index contributed by atoms with van der Waals surface area (Å²) < 4.78 is 1.58. The second-order valence-corrected chi connectivity index (χ2v) is 11.4. The predicted octanol–water partition coefficient (Wildman–Crippen LogP) is 5.29. The highest BCUT2D eigenvalue weighted by molar-refractivity contribution is 8.00. The summed E-state index contributed by atoms with van der Waals surface area (Å²) in [5, 5.41) is 1.16. The number of anilines is 1. The summed E-state index contributed by atoms with van der Waals surface area (Å²) in [6, 6.07) is 20.3. The highest BCUT2D eigenvalue weighted by Crippen LogP contribution is 2.31. The van der Waals surface area contributed by atoms with Crippen molar-refractivity contribution >= 4 is 46.0 Å². The van der Waals surface area contributed by atoms with Crippen molar-refractivity contribution in [2.45, 2.75) is 30.7 Å². The van der Waals surface area contributed by atoms with Crippen LogP contribution >= 0.6 is 23.4 Å². The van der Waals surface area contributed by atoms with E-state index in [1.54, 1.807) is 29.0 Å². The van der Waals surface area contributed by atoms with E-state index in [-0.39, 0.29) is 22.6 Å². The zero-order valence-corrected chi connectivity index (χ0v) is 23.0. The number of pyridine rings is 1. The summed E-state index contributed by atoms with van der Waals surface area (Å²) in [7, 11) is 0. The molecule has 0 saturated carbocycles. The van der Waals surface area contributed by atoms with Crippen molar-refractivity contribution < 1.29 is 4.79 Å². The normalized spacial score (nSPS) is 14.7. The molecule has 1 saturated heterocycles. The highest BCUT2D eigenvalue weighted by Gasteiger charge is 2.31. The zero-order valence-electron chi connectivity index (χ0n) is 21.5. The molecule has 5 rings (SSSR count). The number of fused-ring (bicyclic) bond motifs is 1. The Labute approximate surface area is 231 Å². The number of amides is 1. The van der Waals surface area contributed by atoms with Crippen LogP contribution in [0.4, 0.5) is 5.82 Å². The highest BCUT2D eigenvalue weighted by atomic mass is 35.5. The van der Waals surface area contributed by atoms with Gasteiger partial charge >= 0.3 is 0 Å². The maximum absolute atomic E-state index is 13.9. The number of hydrogen-bond acceptors (Lipinski definition) is 6. The lowest BCUT2D eigenvalue weighted by molar-refractivity contribution is -0.131. The van der Waals surface area contributed by atoms with Crippen molar-refractivity contribution in [3.63, 3.8) is 0 Å². The first-order valence-electron chi connectivity index (χ1n) is 12.8. The molecule has 0 N–H and O–H groups in total. The molecule has 4 aromatic rings. The number of hydrogen-bond donors (Lipinski definition) is 0. The summed E-state index contributed by atoms with van der Waals surface area (Å²) in [6.45, 7) is 6.91. The molecule has 1 aliphatic heterocycles. The fourth-order valence-corrected chi connectivity index (χ4v) is 6.30. The number of thioether (sulfide) groups is 1. The molecule has 0 radical (unpaired) electrons. The lowest BCUT2D eigenvalue weighted by atomic mass is 10.1. The quantitative estimate of drug-likeness (QED) is 0.231. The van der Waals surface area contributed by atoms with Gasteiger partial charge in [-0.2, -0.15) is 0 Å². The number of halogens is 1. The molecule has 0 spiro atoms. The van der Waals surface area contributed by atoms with Gasteiger partial charge in [0, 0.05) is 37.4 Å². The molecule has 1 amide bonds. The minimum absolute atomic E-state index is 0.0735. The van der Waals surface area contributed by atoms with Gasteiger partial charge in [-0.05, 0) is 54.8 Å². The number of carbonyl (C=O) groups excluding carboxylic acids is 1. The first-order chi connectivity index (χ1) is 18.4. The molecular formula is C29H30ClN5O2S. The van der Waals surface area contributed by atoms with Crippen molar-refractivity contribution in [1.29, 1.82) is 0 Å². The average Bonchev–Trinajstić information content (AvgIpc) is 2.93. The molecule has 1 fully saturated rings. The zero-order chi connectivity index (χ0) is 26.6. The van der Waals surface area contributed by atoms with E-state index in [1.165, 1.54) is 11.8 Å². The third-order valence-electron chi connectivity index (χ3n) is 6.58. The fraction of sp³-hybridized carbons (Fsp3) is 0.310. The number of piperazine rings is 1. The largest absolute Gasteiger partial charge is 0.353 e. The molecule has 1 aliphatic rings. The van der Waals surface area contributed by atoms with Crippen LogP contribution in [0, 0.1) is 5.92 Å². The van der Waals surface area contributed by atoms with Gasteiger partial charge in [0.05, 0.1) is 21.8 Å². The van der Waals surface area contributed by atoms with Crippen LogP contribution in [-0.2, 0) is 4.79 Å². The summed E-state index contributed by atoms with van der Waals surface area (Å²) in [5.41, 5.74) is 1.06. The molecule has 2 aromatic carbocycles. The molecule has 0 bridgehead atoms. The van der Waals surface area contributed by atoms with Gasteiger partial charge in [0.2, 0.25) is 5.91 Å². The van der Waals surface area contributed by atoms with E-state index in [0.717, 1.165) is 18.9 Å². The van der Waals surface area contributed by atoms with Crippen LogP contribution < -0.4 is 10.5 Å². The Balaban J connectivity index is 1.46. The Kier molecular flexibility index (Phi) is 8.00. The van der Waals surface area contributed by atoms with Crippen molar-refractivity contribution in [1.82, 2.24) is 19.4 Å². The van der Waals surface area contributed by atoms with E-state index in [2.05, 4.69) is 23.7 Å². The molecule has 0 aliphatic carbocycles. The second-order valence-electron chi connectivity index (χ2n) is 9.77. The van der Waals surface area contributed by atoms with Gasteiger partial charge in [-0.15, -0.1) is 0 Å². The molecular weight excluding hydrogens is 518 g/mol. The Morgan fingerprint density at radius 3 is 2.47 bits per heavy atom. The Hall–Kier alpha value is -3.36. The van der Waals surface area contributed by atoms with Crippen molar-refractivity contribution in [3.05, 3.63) is 88.3 Å². The van der Waals surface area contributed by atoms with Crippen LogP contribution in [-0.4, -0.2) is 56.8 Å². The second kappa shape index (κ2) is 11.6. The van der Waals surface area contributed by atoms with E-state index in [0.29, 0.717) is 46.3 Å². The van der Waals surface area contributed by atoms with E-state index in [4.69, 9.17) is 16.6 Å². The van der Waals surface area contributed by atoms with Crippen LogP contribution in [0.5, 0.6) is 0 Å². The Morgan fingerprint density at radius 2 is 1.76 bits per heavy atom. The maximum Gasteiger partial charge on any atom is 0.266 e. The topological polar surface area (TPSA) is 71.3 Å². The maximum atomic E-state index is 13.9. The minimum atomic E-state index is -0.380. The van der Waals surface area contributed by atoms with Crippen LogP contribution in [0.15, 0.2) is 82.9 Å². The molecule has 2 aromatic heterocycles. The van der Waals surface area contributed by atoms with E-state index < -0.39 is 0 Å². The van der Waals surface area contributed by atoms with Gasteiger partial charge in [0.15, 0.2) is 5.16 Å². The van der Waals surface area contributed by atoms with Crippen molar-refractivity contribution in [2.75, 3.05) is 31.1 Å². The molecule has 38 heavy (non-hydrogen) atoms. The number of carbonyl (C=O) groups is 1. The number of rotatable bonds is 7. The van der Waals surface area contributed by atoms with Crippen molar-refractivity contribution in [2.24, 2.45) is 5.92 Å². The van der Waals surface area contributed by atoms with Crippen LogP contribution in [0.2, 0.25) is 5.02 Å². The van der Waals surface area contributed by atoms with E-state index in [1.807, 2.05) is 53.4 Å². The summed E-state index contributed by atoms with van der Waals surface area (Å²) in [6.07, 6.45) is 2.46. The number of aromatic nitrogens is 3. The minimum Gasteiger partial charge on any atom is -0.353 e. The summed E-state index contributed by atoms with van der Waals surface area (Å²) in [4.78, 5) is 41.0. The number of nitrogens with zero attached hydrogens (tertiary/aromatic N) is 5. The van der Waals surface area contributed by atoms with Crippen LogP contribution in [0.25, 0.3) is 16.6 Å². The van der Waals surface area contributed by atoms with E-state index in [9.17, 15) is 9.59 Å². The molecule has 1 atom stereocenters. The molecule has 7 nitrogen and oxygen atoms in total. The third-order valence-corrected chi connectivity index (χ3v) is 7.98. The smallest absolute Gasteiger partial charge is 0.266 e. The number of para-hydroxylation sites is 1. The average molecular weight is 548 g/mol. The summed E-state index contributed by atoms with van der Waals surface area (Å²) in [5.74, 6) is 1.29. The fourth-order valence-electron chi connectivity index (χ4n) is 4.69. The standard InChI is InChI=1S/C29H30ClN5O2S/c1-20(2)18-25(28(37)34-16-14-33(15-17-34)26-12-5-6-13-31-26)38-29-32-24-11-4-3-10-23(24)27(36)35(29)22-9-7-8-21(30)19-22/h3-13,19-20,25H,14-18H2,1-2H3. The predicted molar refractivity (Wildman–Crippen MR) is 154 cm³/mol. The lowest BCUT2D eigenvalue weighted by Gasteiger charge is -2.37. The van der Waals surface area contributed by atoms with Gasteiger partial charge in [-0.25, -0.2) is 9.97 Å². The molecule has 9 heteroatoms. The van der Waals surface area contributed by atoms with Crippen LogP contribution in [0.3, 0.4) is 0 Å². The SMILES string of the molecule is CC(C)CC(Sc1nc2ccccc2c(=O)n1-c1cccc(Cl)c1)C(=O)N1CCN(c2ccccn2)CC1. The van der Waals surface area contributed by atoms with Gasteiger partial charge in [-0.1, -0.05) is 61.5 Å². The first kappa shape index (κ1) is 26.3. The lowest BCUT2D eigenvalue weighted by Crippen LogP contribution is -2.51. The van der Waals surface area contributed by atoms with E-state index >= 15 is 0 Å². The van der Waals surface area contributed by atoms with Gasteiger partial charge in [0.25, 0.3) is 5.56 Å².